The van der Waals surface area contributed by atoms with Crippen LogP contribution in [-0.2, 0) is 5.67 Å². The van der Waals surface area contributed by atoms with Crippen LogP contribution in [0.25, 0.3) is 11.0 Å². The van der Waals surface area contributed by atoms with Gasteiger partial charge in [0.05, 0.1) is 0 Å². The molecule has 0 bridgehead atoms. The lowest BCUT2D eigenvalue weighted by molar-refractivity contribution is 0.158. The Morgan fingerprint density at radius 1 is 1.31 bits per heavy atom. The van der Waals surface area contributed by atoms with Crippen LogP contribution in [0.3, 0.4) is 0 Å². The molecule has 1 aliphatic heterocycles. The van der Waals surface area contributed by atoms with E-state index in [2.05, 4.69) is 5.32 Å². The van der Waals surface area contributed by atoms with Crippen molar-refractivity contribution in [2.45, 2.75) is 12.1 Å². The van der Waals surface area contributed by atoms with Gasteiger partial charge in [0.1, 0.15) is 17.2 Å². The Kier molecular flexibility index (Phi) is 2.01. The molecule has 1 aromatic carbocycles. The average molecular weight is 223 g/mol. The van der Waals surface area contributed by atoms with E-state index in [-0.39, 0.29) is 18.1 Å². The second-order valence-corrected chi connectivity index (χ2v) is 4.18. The van der Waals surface area contributed by atoms with E-state index in [1.54, 1.807) is 6.07 Å². The van der Waals surface area contributed by atoms with Gasteiger partial charge in [-0.15, -0.1) is 0 Å². The Bertz CT molecular complexity index is 529. The summed E-state index contributed by atoms with van der Waals surface area (Å²) in [5.41, 5.74) is -0.921. The maximum absolute atomic E-state index is 14.3. The van der Waals surface area contributed by atoms with Gasteiger partial charge in [-0.1, -0.05) is 0 Å². The molecular formula is C12H11F2NO. The van der Waals surface area contributed by atoms with Gasteiger partial charge >= 0.3 is 0 Å². The van der Waals surface area contributed by atoms with Gasteiger partial charge < -0.3 is 9.73 Å². The standard InChI is InChI=1S/C12H11F2NO/c13-9-1-2-10-8(5-9)6-11(16-10)12(14)3-4-15-7-12/h1-2,5-6,15H,3-4,7H2. The molecule has 0 spiro atoms. The van der Waals surface area contributed by atoms with Crippen LogP contribution in [0.15, 0.2) is 28.7 Å². The zero-order valence-corrected chi connectivity index (χ0v) is 8.59. The minimum absolute atomic E-state index is 0.259. The first-order valence-corrected chi connectivity index (χ1v) is 5.27. The number of rotatable bonds is 1. The number of hydrogen-bond donors (Lipinski definition) is 1. The summed E-state index contributed by atoms with van der Waals surface area (Å²) >= 11 is 0. The largest absolute Gasteiger partial charge is 0.458 e. The van der Waals surface area contributed by atoms with Crippen LogP contribution in [0.1, 0.15) is 12.2 Å². The van der Waals surface area contributed by atoms with Crippen molar-refractivity contribution in [1.29, 1.82) is 0 Å². The van der Waals surface area contributed by atoms with Crippen LogP contribution in [0.5, 0.6) is 0 Å². The molecule has 1 fully saturated rings. The van der Waals surface area contributed by atoms with E-state index in [1.807, 2.05) is 0 Å². The van der Waals surface area contributed by atoms with Crippen molar-refractivity contribution in [2.75, 3.05) is 13.1 Å². The Labute approximate surface area is 91.2 Å². The molecule has 84 valence electrons. The maximum Gasteiger partial charge on any atom is 0.181 e. The van der Waals surface area contributed by atoms with E-state index in [0.29, 0.717) is 23.9 Å². The topological polar surface area (TPSA) is 25.2 Å². The van der Waals surface area contributed by atoms with Crippen LogP contribution < -0.4 is 5.32 Å². The zero-order chi connectivity index (χ0) is 11.2. The number of halogens is 2. The molecule has 0 radical (unpaired) electrons. The Balaban J connectivity index is 2.11. The zero-order valence-electron chi connectivity index (χ0n) is 8.59. The highest BCUT2D eigenvalue weighted by Gasteiger charge is 2.38. The van der Waals surface area contributed by atoms with Crippen molar-refractivity contribution in [3.8, 4) is 0 Å². The molecule has 4 heteroatoms. The second kappa shape index (κ2) is 3.28. The first-order chi connectivity index (χ1) is 7.67. The first kappa shape index (κ1) is 9.78. The number of nitrogens with one attached hydrogen (secondary N) is 1. The predicted molar refractivity (Wildman–Crippen MR) is 56.4 cm³/mol. The number of benzene rings is 1. The van der Waals surface area contributed by atoms with Crippen molar-refractivity contribution in [2.24, 2.45) is 0 Å². The fourth-order valence-corrected chi connectivity index (χ4v) is 2.11. The van der Waals surface area contributed by atoms with Crippen LogP contribution >= 0.6 is 0 Å². The minimum atomic E-state index is -1.45. The number of furan rings is 1. The molecule has 2 nitrogen and oxygen atoms in total. The van der Waals surface area contributed by atoms with Gasteiger partial charge in [-0.05, 0) is 30.8 Å². The second-order valence-electron chi connectivity index (χ2n) is 4.18. The van der Waals surface area contributed by atoms with Gasteiger partial charge in [-0.2, -0.15) is 0 Å². The smallest absolute Gasteiger partial charge is 0.181 e. The SMILES string of the molecule is Fc1ccc2oc(C3(F)CCNC3)cc2c1. The number of alkyl halides is 1. The van der Waals surface area contributed by atoms with E-state index in [9.17, 15) is 8.78 Å². The summed E-state index contributed by atoms with van der Waals surface area (Å²) in [6.45, 7) is 0.900. The van der Waals surface area contributed by atoms with E-state index >= 15 is 0 Å². The van der Waals surface area contributed by atoms with Gasteiger partial charge in [-0.3, -0.25) is 0 Å². The molecule has 2 heterocycles. The third-order valence-electron chi connectivity index (χ3n) is 3.02. The summed E-state index contributed by atoms with van der Waals surface area (Å²) in [7, 11) is 0. The molecule has 1 N–H and O–H groups in total. The summed E-state index contributed by atoms with van der Waals surface area (Å²) < 4.78 is 32.7. The molecule has 0 amide bonds. The van der Waals surface area contributed by atoms with E-state index in [1.165, 1.54) is 18.2 Å². The molecule has 0 aliphatic carbocycles. The lowest BCUT2D eigenvalue weighted by Gasteiger charge is -2.13. The summed E-state index contributed by atoms with van der Waals surface area (Å²) in [5.74, 6) is -0.0459. The number of fused-ring (bicyclic) bond motifs is 1. The Morgan fingerprint density at radius 3 is 2.94 bits per heavy atom. The summed E-state index contributed by atoms with van der Waals surface area (Å²) in [5, 5.41) is 3.57. The normalized spacial score (nSPS) is 25.4. The molecule has 1 atom stereocenters. The molecular weight excluding hydrogens is 212 g/mol. The lowest BCUT2D eigenvalue weighted by atomic mass is 10.0. The van der Waals surface area contributed by atoms with Gasteiger partial charge in [0, 0.05) is 18.4 Å². The molecule has 3 rings (SSSR count). The highest BCUT2D eigenvalue weighted by molar-refractivity contribution is 5.78. The van der Waals surface area contributed by atoms with Crippen molar-refractivity contribution < 1.29 is 13.2 Å². The van der Waals surface area contributed by atoms with Gasteiger partial charge in [0.25, 0.3) is 0 Å². The van der Waals surface area contributed by atoms with Crippen molar-refractivity contribution in [3.05, 3.63) is 35.8 Å². The quantitative estimate of drug-likeness (QED) is 0.804. The minimum Gasteiger partial charge on any atom is -0.458 e. The molecule has 1 aromatic heterocycles. The fourth-order valence-electron chi connectivity index (χ4n) is 2.11. The maximum atomic E-state index is 14.3. The third-order valence-corrected chi connectivity index (χ3v) is 3.02. The summed E-state index contributed by atoms with van der Waals surface area (Å²) in [4.78, 5) is 0. The molecule has 1 aliphatic rings. The average Bonchev–Trinajstić information content (AvgIpc) is 2.84. The van der Waals surface area contributed by atoms with Crippen LogP contribution in [-0.4, -0.2) is 13.1 Å². The third kappa shape index (κ3) is 1.41. The predicted octanol–water partition coefficient (Wildman–Crippen LogP) is 2.73. The molecule has 2 aromatic rings. The van der Waals surface area contributed by atoms with Crippen molar-refractivity contribution in [1.82, 2.24) is 5.32 Å². The molecule has 1 unspecified atom stereocenters. The van der Waals surface area contributed by atoms with E-state index < -0.39 is 5.67 Å². The molecule has 1 saturated heterocycles. The van der Waals surface area contributed by atoms with Gasteiger partial charge in [-0.25, -0.2) is 8.78 Å². The number of hydrogen-bond acceptors (Lipinski definition) is 2. The monoisotopic (exact) mass is 223 g/mol. The summed E-state index contributed by atoms with van der Waals surface area (Å²) in [6, 6.07) is 5.78. The van der Waals surface area contributed by atoms with Gasteiger partial charge in [0.15, 0.2) is 5.67 Å². The van der Waals surface area contributed by atoms with E-state index in [0.717, 1.165) is 0 Å². The lowest BCUT2D eigenvalue weighted by Crippen LogP contribution is -2.22. The molecule has 16 heavy (non-hydrogen) atoms. The Morgan fingerprint density at radius 2 is 2.19 bits per heavy atom. The fraction of sp³-hybridized carbons (Fsp3) is 0.333. The van der Waals surface area contributed by atoms with Crippen LogP contribution in [0.4, 0.5) is 8.78 Å². The summed E-state index contributed by atoms with van der Waals surface area (Å²) in [6.07, 6.45) is 0.398. The van der Waals surface area contributed by atoms with E-state index in [4.69, 9.17) is 4.42 Å². The van der Waals surface area contributed by atoms with Gasteiger partial charge in [0.2, 0.25) is 0 Å². The first-order valence-electron chi connectivity index (χ1n) is 5.27. The van der Waals surface area contributed by atoms with Crippen LogP contribution in [0, 0.1) is 5.82 Å². The highest BCUT2D eigenvalue weighted by atomic mass is 19.1. The molecule has 0 saturated carbocycles. The van der Waals surface area contributed by atoms with Crippen molar-refractivity contribution >= 4 is 11.0 Å². The van der Waals surface area contributed by atoms with Crippen LogP contribution in [0.2, 0.25) is 0 Å². The highest BCUT2D eigenvalue weighted by Crippen LogP contribution is 2.35. The Hall–Kier alpha value is -1.42. The van der Waals surface area contributed by atoms with Crippen molar-refractivity contribution in [3.63, 3.8) is 0 Å².